The van der Waals surface area contributed by atoms with Crippen LogP contribution in [0.4, 0.5) is 0 Å². The van der Waals surface area contributed by atoms with Gasteiger partial charge in [0, 0.05) is 13.1 Å². The average molecular weight is 350 g/mol. The number of aliphatic carboxylic acids is 1. The number of carboxylic acids is 1. The van der Waals surface area contributed by atoms with Crippen LogP contribution in [0.5, 0.6) is 0 Å². The van der Waals surface area contributed by atoms with E-state index >= 15 is 0 Å². The summed E-state index contributed by atoms with van der Waals surface area (Å²) in [5.74, 6) is -1.05. The molecular formula is C14H17Cl2NO3S. The van der Waals surface area contributed by atoms with Crippen LogP contribution in [-0.4, -0.2) is 35.0 Å². The van der Waals surface area contributed by atoms with E-state index in [1.54, 1.807) is 11.0 Å². The fraction of sp³-hybridized carbons (Fsp3) is 0.571. The molecule has 1 aliphatic heterocycles. The third-order valence-corrected chi connectivity index (χ3v) is 5.42. The molecular weight excluding hydrogens is 333 g/mol. The highest BCUT2D eigenvalue weighted by Crippen LogP contribution is 2.37. The molecule has 0 bridgehead atoms. The molecule has 1 N–H and O–H groups in total. The Morgan fingerprint density at radius 2 is 2.19 bits per heavy atom. The topological polar surface area (TPSA) is 57.6 Å². The summed E-state index contributed by atoms with van der Waals surface area (Å²) >= 11 is 13.0. The Kier molecular flexibility index (Phi) is 5.17. The standard InChI is InChI=1S/C14H17Cl2NO3S/c1-2-4-14(13(19)20)5-3-6-17(8-14)12(18)9-7-10(15)21-11(9)16/h7H,2-6,8H2,1H3,(H,19,20). The van der Waals surface area contributed by atoms with E-state index in [0.717, 1.165) is 17.8 Å². The molecule has 1 amide bonds. The summed E-state index contributed by atoms with van der Waals surface area (Å²) in [7, 11) is 0. The molecule has 1 saturated heterocycles. The number of carbonyl (C=O) groups excluding carboxylic acids is 1. The van der Waals surface area contributed by atoms with Crippen molar-refractivity contribution < 1.29 is 14.7 Å². The molecule has 21 heavy (non-hydrogen) atoms. The van der Waals surface area contributed by atoms with Gasteiger partial charge in [-0.2, -0.15) is 0 Å². The molecule has 0 radical (unpaired) electrons. The number of thiophene rings is 1. The Morgan fingerprint density at radius 3 is 2.71 bits per heavy atom. The molecule has 0 saturated carbocycles. The molecule has 1 unspecified atom stereocenters. The van der Waals surface area contributed by atoms with E-state index in [2.05, 4.69) is 0 Å². The summed E-state index contributed by atoms with van der Waals surface area (Å²) in [5.41, 5.74) is -0.473. The Bertz CT molecular complexity index is 556. The summed E-state index contributed by atoms with van der Waals surface area (Å²) in [5, 5.41) is 9.57. The molecule has 7 heteroatoms. The summed E-state index contributed by atoms with van der Waals surface area (Å²) in [6.07, 6.45) is 2.65. The maximum atomic E-state index is 12.5. The maximum Gasteiger partial charge on any atom is 0.311 e. The van der Waals surface area contributed by atoms with Gasteiger partial charge in [0.2, 0.25) is 0 Å². The van der Waals surface area contributed by atoms with E-state index in [9.17, 15) is 14.7 Å². The lowest BCUT2D eigenvalue weighted by Crippen LogP contribution is -2.49. The van der Waals surface area contributed by atoms with Gasteiger partial charge in [0.1, 0.15) is 4.34 Å². The Balaban J connectivity index is 2.22. The number of likely N-dealkylation sites (tertiary alicyclic amines) is 1. The second kappa shape index (κ2) is 6.55. The second-order valence-electron chi connectivity index (χ2n) is 5.40. The van der Waals surface area contributed by atoms with Gasteiger partial charge in [-0.3, -0.25) is 9.59 Å². The molecule has 1 fully saturated rings. The lowest BCUT2D eigenvalue weighted by Gasteiger charge is -2.39. The lowest BCUT2D eigenvalue weighted by atomic mass is 9.76. The van der Waals surface area contributed by atoms with Crippen LogP contribution in [0.3, 0.4) is 0 Å². The van der Waals surface area contributed by atoms with E-state index in [4.69, 9.17) is 23.2 Å². The number of piperidine rings is 1. The number of amides is 1. The first-order valence-corrected chi connectivity index (χ1v) is 8.44. The number of nitrogens with zero attached hydrogens (tertiary/aromatic N) is 1. The van der Waals surface area contributed by atoms with Crippen LogP contribution in [-0.2, 0) is 4.79 Å². The van der Waals surface area contributed by atoms with Crippen molar-refractivity contribution in [1.82, 2.24) is 4.90 Å². The number of hydrogen-bond acceptors (Lipinski definition) is 3. The molecule has 2 heterocycles. The third-order valence-electron chi connectivity index (χ3n) is 3.93. The number of halogens is 2. The minimum Gasteiger partial charge on any atom is -0.481 e. The first kappa shape index (κ1) is 16.6. The first-order valence-electron chi connectivity index (χ1n) is 6.87. The van der Waals surface area contributed by atoms with E-state index in [1.165, 1.54) is 0 Å². The second-order valence-corrected chi connectivity index (χ2v) is 7.69. The van der Waals surface area contributed by atoms with Gasteiger partial charge in [-0.25, -0.2) is 0 Å². The smallest absolute Gasteiger partial charge is 0.311 e. The Labute approximate surface area is 137 Å². The summed E-state index contributed by atoms with van der Waals surface area (Å²) in [6, 6.07) is 1.55. The van der Waals surface area contributed by atoms with Crippen LogP contribution in [0.2, 0.25) is 8.67 Å². The fourth-order valence-electron chi connectivity index (χ4n) is 2.93. The predicted octanol–water partition coefficient (Wildman–Crippen LogP) is 4.16. The SMILES string of the molecule is CCCC1(C(=O)O)CCCN(C(=O)c2cc(Cl)sc2Cl)C1. The zero-order chi connectivity index (χ0) is 15.6. The molecule has 0 aliphatic carbocycles. The molecule has 4 nitrogen and oxygen atoms in total. The summed E-state index contributed by atoms with van der Waals surface area (Å²) in [4.78, 5) is 25.8. The minimum absolute atomic E-state index is 0.232. The average Bonchev–Trinajstić information content (AvgIpc) is 2.77. The highest BCUT2D eigenvalue weighted by atomic mass is 35.5. The summed E-state index contributed by atoms with van der Waals surface area (Å²) in [6.45, 7) is 2.75. The molecule has 0 spiro atoms. The normalized spacial score (nSPS) is 22.3. The molecule has 1 aliphatic rings. The maximum absolute atomic E-state index is 12.5. The van der Waals surface area contributed by atoms with Crippen LogP contribution in [0.15, 0.2) is 6.07 Å². The third kappa shape index (κ3) is 3.35. The van der Waals surface area contributed by atoms with Crippen molar-refractivity contribution in [3.63, 3.8) is 0 Å². The van der Waals surface area contributed by atoms with Gasteiger partial charge >= 0.3 is 5.97 Å². The molecule has 116 valence electrons. The monoisotopic (exact) mass is 349 g/mol. The molecule has 1 aromatic heterocycles. The molecule has 2 rings (SSSR count). The predicted molar refractivity (Wildman–Crippen MR) is 84.5 cm³/mol. The number of carbonyl (C=O) groups is 2. The van der Waals surface area contributed by atoms with Crippen LogP contribution in [0.25, 0.3) is 0 Å². The van der Waals surface area contributed by atoms with Crippen molar-refractivity contribution >= 4 is 46.4 Å². The van der Waals surface area contributed by atoms with Crippen molar-refractivity contribution in [1.29, 1.82) is 0 Å². The van der Waals surface area contributed by atoms with Crippen molar-refractivity contribution in [2.75, 3.05) is 13.1 Å². The van der Waals surface area contributed by atoms with Crippen molar-refractivity contribution in [3.05, 3.63) is 20.3 Å². The lowest BCUT2D eigenvalue weighted by molar-refractivity contribution is -0.152. The van der Waals surface area contributed by atoms with E-state index in [0.29, 0.717) is 40.0 Å². The van der Waals surface area contributed by atoms with Gasteiger partial charge in [-0.05, 0) is 25.3 Å². The largest absolute Gasteiger partial charge is 0.481 e. The molecule has 1 atom stereocenters. The van der Waals surface area contributed by atoms with Crippen LogP contribution >= 0.6 is 34.5 Å². The van der Waals surface area contributed by atoms with Crippen LogP contribution in [0.1, 0.15) is 43.0 Å². The number of hydrogen-bond donors (Lipinski definition) is 1. The van der Waals surface area contributed by atoms with Gasteiger partial charge in [0.05, 0.1) is 15.3 Å². The van der Waals surface area contributed by atoms with Gasteiger partial charge in [-0.1, -0.05) is 36.5 Å². The minimum atomic E-state index is -0.838. The molecule has 1 aromatic rings. The summed E-state index contributed by atoms with van der Waals surface area (Å²) < 4.78 is 0.811. The van der Waals surface area contributed by atoms with E-state index < -0.39 is 11.4 Å². The van der Waals surface area contributed by atoms with Crippen molar-refractivity contribution in [2.24, 2.45) is 5.41 Å². The Hall–Kier alpha value is -0.780. The van der Waals surface area contributed by atoms with Crippen LogP contribution < -0.4 is 0 Å². The van der Waals surface area contributed by atoms with E-state index in [1.807, 2.05) is 6.92 Å². The Morgan fingerprint density at radius 1 is 1.48 bits per heavy atom. The molecule has 0 aromatic carbocycles. The highest BCUT2D eigenvalue weighted by molar-refractivity contribution is 7.20. The first-order chi connectivity index (χ1) is 9.89. The van der Waals surface area contributed by atoms with E-state index in [-0.39, 0.29) is 12.5 Å². The van der Waals surface area contributed by atoms with Crippen LogP contribution in [0, 0.1) is 5.41 Å². The van der Waals surface area contributed by atoms with Gasteiger partial charge in [0.25, 0.3) is 5.91 Å². The zero-order valence-electron chi connectivity index (χ0n) is 11.7. The zero-order valence-corrected chi connectivity index (χ0v) is 14.0. The quantitative estimate of drug-likeness (QED) is 0.887. The van der Waals surface area contributed by atoms with Crippen molar-refractivity contribution in [3.8, 4) is 0 Å². The highest BCUT2D eigenvalue weighted by Gasteiger charge is 2.43. The van der Waals surface area contributed by atoms with Gasteiger partial charge in [0.15, 0.2) is 0 Å². The number of carboxylic acid groups (broad SMARTS) is 1. The fourth-order valence-corrected chi connectivity index (χ4v) is 4.37. The van der Waals surface area contributed by atoms with Gasteiger partial charge < -0.3 is 10.0 Å². The van der Waals surface area contributed by atoms with Gasteiger partial charge in [-0.15, -0.1) is 11.3 Å². The van der Waals surface area contributed by atoms with Crippen molar-refractivity contribution in [2.45, 2.75) is 32.6 Å². The number of rotatable bonds is 4.